The molecule has 0 N–H and O–H groups in total. The van der Waals surface area contributed by atoms with Crippen LogP contribution in [0.2, 0.25) is 10.0 Å². The first-order valence-electron chi connectivity index (χ1n) is 10.8. The molecule has 1 aromatic heterocycles. The van der Waals surface area contributed by atoms with E-state index >= 15 is 0 Å². The van der Waals surface area contributed by atoms with E-state index in [0.717, 1.165) is 56.9 Å². The molecule has 7 heteroatoms. The summed E-state index contributed by atoms with van der Waals surface area (Å²) >= 11 is 12.7. The number of aromatic nitrogens is 1. The molecule has 31 heavy (non-hydrogen) atoms. The first-order chi connectivity index (χ1) is 14.9. The van der Waals surface area contributed by atoms with Crippen molar-refractivity contribution in [2.24, 2.45) is 5.92 Å². The molecule has 0 spiro atoms. The first kappa shape index (κ1) is 22.4. The van der Waals surface area contributed by atoms with E-state index in [-0.39, 0.29) is 11.9 Å². The number of halogens is 2. The van der Waals surface area contributed by atoms with Gasteiger partial charge in [0.25, 0.3) is 0 Å². The smallest absolute Gasteiger partial charge is 0.308 e. The summed E-state index contributed by atoms with van der Waals surface area (Å²) in [6, 6.07) is 5.64. The second-order valence-electron chi connectivity index (χ2n) is 8.66. The molecule has 3 heterocycles. The Balaban J connectivity index is 1.39. The number of ether oxygens (including phenoxy) is 1. The first-order valence-corrected chi connectivity index (χ1v) is 11.6. The van der Waals surface area contributed by atoms with Gasteiger partial charge in [-0.05, 0) is 68.6 Å². The Hall–Kier alpha value is -1.82. The van der Waals surface area contributed by atoms with E-state index in [9.17, 15) is 4.79 Å². The lowest BCUT2D eigenvalue weighted by Gasteiger charge is -2.42. The van der Waals surface area contributed by atoms with Crippen molar-refractivity contribution in [2.45, 2.75) is 39.2 Å². The maximum Gasteiger partial charge on any atom is 0.308 e. The molecule has 1 aromatic carbocycles. The van der Waals surface area contributed by atoms with Gasteiger partial charge in [0, 0.05) is 31.7 Å². The summed E-state index contributed by atoms with van der Waals surface area (Å²) in [5.41, 5.74) is 5.95. The number of para-hydroxylation sites is 1. The Bertz CT molecular complexity index is 947. The second kappa shape index (κ2) is 9.35. The van der Waals surface area contributed by atoms with Crippen molar-refractivity contribution in [3.05, 3.63) is 56.8 Å². The number of carbonyl (C=O) groups is 1. The van der Waals surface area contributed by atoms with Gasteiger partial charge >= 0.3 is 5.97 Å². The molecule has 2 aromatic rings. The summed E-state index contributed by atoms with van der Waals surface area (Å²) in [6.45, 7) is 8.79. The molecular formula is C24H29Cl2N3O2. The number of pyridine rings is 1. The minimum Gasteiger partial charge on any atom is -0.469 e. The van der Waals surface area contributed by atoms with Gasteiger partial charge in [-0.15, -0.1) is 0 Å². The van der Waals surface area contributed by atoms with Crippen LogP contribution in [-0.2, 0) is 16.1 Å². The molecule has 0 amide bonds. The van der Waals surface area contributed by atoms with Crippen LogP contribution < -0.4 is 4.90 Å². The summed E-state index contributed by atoms with van der Waals surface area (Å²) < 4.78 is 4.89. The van der Waals surface area contributed by atoms with E-state index in [4.69, 9.17) is 32.9 Å². The van der Waals surface area contributed by atoms with Crippen molar-refractivity contribution in [1.82, 2.24) is 9.88 Å². The minimum absolute atomic E-state index is 0.0348. The number of methoxy groups -OCH3 is 1. The summed E-state index contributed by atoms with van der Waals surface area (Å²) in [7, 11) is 1.47. The van der Waals surface area contributed by atoms with E-state index < -0.39 is 0 Å². The maximum atomic E-state index is 11.7. The third kappa shape index (κ3) is 4.55. The van der Waals surface area contributed by atoms with Gasteiger partial charge in [0.15, 0.2) is 0 Å². The SMILES string of the molecule is COC(=O)C1CCN(Cc2ncc(C3CN(c4c(Cl)cccc4Cl)C3)c(C)c2C)CC1. The zero-order valence-corrected chi connectivity index (χ0v) is 19.8. The standard InChI is InChI=1S/C24H29Cl2N3O2/c1-15-16(2)22(14-28-9-7-17(8-10-28)24(30)31-3)27-11-19(15)18-12-29(13-18)23-20(25)5-4-6-21(23)26/h4-6,11,17-18H,7-10,12-14H2,1-3H3. The molecule has 5 nitrogen and oxygen atoms in total. The highest BCUT2D eigenvalue weighted by atomic mass is 35.5. The predicted molar refractivity (Wildman–Crippen MR) is 125 cm³/mol. The number of esters is 1. The zero-order valence-electron chi connectivity index (χ0n) is 18.3. The van der Waals surface area contributed by atoms with Crippen molar-refractivity contribution < 1.29 is 9.53 Å². The lowest BCUT2D eigenvalue weighted by atomic mass is 9.87. The molecular weight excluding hydrogens is 433 g/mol. The van der Waals surface area contributed by atoms with Crippen molar-refractivity contribution in [2.75, 3.05) is 38.2 Å². The van der Waals surface area contributed by atoms with Gasteiger partial charge in [-0.25, -0.2) is 0 Å². The highest BCUT2D eigenvalue weighted by molar-refractivity contribution is 6.39. The molecule has 4 rings (SSSR count). The van der Waals surface area contributed by atoms with Crippen molar-refractivity contribution in [3.63, 3.8) is 0 Å². The average Bonchev–Trinajstić information content (AvgIpc) is 2.73. The molecule has 0 unspecified atom stereocenters. The van der Waals surface area contributed by atoms with Crippen molar-refractivity contribution in [1.29, 1.82) is 0 Å². The molecule has 0 aliphatic carbocycles. The Morgan fingerprint density at radius 3 is 2.39 bits per heavy atom. The number of benzene rings is 1. The molecule has 2 aliphatic rings. The Labute approximate surface area is 194 Å². The third-order valence-corrected chi connectivity index (χ3v) is 7.47. The van der Waals surface area contributed by atoms with Gasteiger partial charge < -0.3 is 9.64 Å². The maximum absolute atomic E-state index is 11.7. The van der Waals surface area contributed by atoms with Crippen LogP contribution in [0.15, 0.2) is 24.4 Å². The van der Waals surface area contributed by atoms with Crippen LogP contribution >= 0.6 is 23.2 Å². The number of hydrogen-bond acceptors (Lipinski definition) is 5. The van der Waals surface area contributed by atoms with E-state index in [0.29, 0.717) is 16.0 Å². The van der Waals surface area contributed by atoms with Crippen LogP contribution in [0.3, 0.4) is 0 Å². The highest BCUT2D eigenvalue weighted by Crippen LogP contribution is 2.41. The Morgan fingerprint density at radius 1 is 1.13 bits per heavy atom. The molecule has 0 radical (unpaired) electrons. The number of hydrogen-bond donors (Lipinski definition) is 0. The predicted octanol–water partition coefficient (Wildman–Crippen LogP) is 4.99. The lowest BCUT2D eigenvalue weighted by molar-refractivity contribution is -0.147. The van der Waals surface area contributed by atoms with E-state index in [1.165, 1.54) is 23.8 Å². The molecule has 166 valence electrons. The highest BCUT2D eigenvalue weighted by Gasteiger charge is 2.33. The second-order valence-corrected chi connectivity index (χ2v) is 9.47. The van der Waals surface area contributed by atoms with Crippen LogP contribution in [-0.4, -0.2) is 49.1 Å². The monoisotopic (exact) mass is 461 g/mol. The largest absolute Gasteiger partial charge is 0.469 e. The van der Waals surface area contributed by atoms with E-state index in [1.54, 1.807) is 0 Å². The van der Waals surface area contributed by atoms with Crippen LogP contribution in [0.4, 0.5) is 5.69 Å². The van der Waals surface area contributed by atoms with Crippen LogP contribution in [0, 0.1) is 19.8 Å². The molecule has 2 aliphatic heterocycles. The number of anilines is 1. The Kier molecular flexibility index (Phi) is 6.75. The number of carbonyl (C=O) groups excluding carboxylic acids is 1. The van der Waals surface area contributed by atoms with Gasteiger partial charge in [0.2, 0.25) is 0 Å². The number of piperidine rings is 1. The van der Waals surface area contributed by atoms with Gasteiger partial charge in [0.05, 0.1) is 34.5 Å². The summed E-state index contributed by atoms with van der Waals surface area (Å²) in [5, 5.41) is 1.39. The van der Waals surface area contributed by atoms with E-state index in [1.807, 2.05) is 18.2 Å². The van der Waals surface area contributed by atoms with E-state index in [2.05, 4.69) is 29.8 Å². The van der Waals surface area contributed by atoms with Crippen LogP contribution in [0.5, 0.6) is 0 Å². The third-order valence-electron chi connectivity index (χ3n) is 6.86. The summed E-state index contributed by atoms with van der Waals surface area (Å²) in [5.74, 6) is 0.387. The molecule has 0 atom stereocenters. The summed E-state index contributed by atoms with van der Waals surface area (Å²) in [4.78, 5) is 21.2. The van der Waals surface area contributed by atoms with Gasteiger partial charge in [-0.3, -0.25) is 14.7 Å². The molecule has 2 fully saturated rings. The van der Waals surface area contributed by atoms with Gasteiger partial charge in [-0.2, -0.15) is 0 Å². The quantitative estimate of drug-likeness (QED) is 0.586. The minimum atomic E-state index is -0.0817. The fraction of sp³-hybridized carbons (Fsp3) is 0.500. The Morgan fingerprint density at radius 2 is 1.77 bits per heavy atom. The number of likely N-dealkylation sites (tertiary alicyclic amines) is 1. The van der Waals surface area contributed by atoms with Crippen LogP contribution in [0.1, 0.15) is 41.1 Å². The van der Waals surface area contributed by atoms with Crippen molar-refractivity contribution >= 4 is 34.9 Å². The van der Waals surface area contributed by atoms with Crippen molar-refractivity contribution in [3.8, 4) is 0 Å². The van der Waals surface area contributed by atoms with Gasteiger partial charge in [0.1, 0.15) is 0 Å². The molecule has 0 saturated carbocycles. The van der Waals surface area contributed by atoms with Crippen LogP contribution in [0.25, 0.3) is 0 Å². The fourth-order valence-electron chi connectivity index (χ4n) is 4.70. The fourth-order valence-corrected chi connectivity index (χ4v) is 5.34. The average molecular weight is 462 g/mol. The normalized spacial score (nSPS) is 18.2. The molecule has 2 saturated heterocycles. The van der Waals surface area contributed by atoms with Gasteiger partial charge in [-0.1, -0.05) is 29.3 Å². The molecule has 0 bridgehead atoms. The lowest BCUT2D eigenvalue weighted by Crippen LogP contribution is -2.45. The number of rotatable bonds is 5. The topological polar surface area (TPSA) is 45.7 Å². The zero-order chi connectivity index (χ0) is 22.1. The number of nitrogens with zero attached hydrogens (tertiary/aromatic N) is 3. The summed E-state index contributed by atoms with van der Waals surface area (Å²) in [6.07, 6.45) is 3.76.